The number of carbonyl (C=O) groups is 1. The summed E-state index contributed by atoms with van der Waals surface area (Å²) in [4.78, 5) is 14.1. The highest BCUT2D eigenvalue weighted by atomic mass is 16.6. The zero-order valence-electron chi connectivity index (χ0n) is 15.5. The summed E-state index contributed by atoms with van der Waals surface area (Å²) in [6, 6.07) is 10.0. The van der Waals surface area contributed by atoms with Gasteiger partial charge in [0.2, 0.25) is 0 Å². The Bertz CT molecular complexity index is 513. The number of ether oxygens (including phenoxy) is 2. The minimum atomic E-state index is -0.450. The van der Waals surface area contributed by atoms with E-state index in [1.54, 1.807) is 0 Å². The number of hydrogen-bond acceptors (Lipinski definition) is 3. The Balaban J connectivity index is 2.00. The fraction of sp³-hybridized carbons (Fsp3) is 0.650. The first kappa shape index (κ1) is 18.6. The summed E-state index contributed by atoms with van der Waals surface area (Å²) in [7, 11) is 0. The van der Waals surface area contributed by atoms with Crippen LogP contribution >= 0.6 is 0 Å². The molecule has 2 rings (SSSR count). The van der Waals surface area contributed by atoms with Crippen molar-refractivity contribution in [2.24, 2.45) is 0 Å². The number of likely N-dealkylation sites (tertiary alicyclic amines) is 1. The third-order valence-corrected chi connectivity index (χ3v) is 4.39. The molecule has 1 fully saturated rings. The van der Waals surface area contributed by atoms with Crippen molar-refractivity contribution in [2.45, 2.75) is 71.0 Å². The van der Waals surface area contributed by atoms with Gasteiger partial charge in [0.05, 0.1) is 0 Å². The number of carbonyl (C=O) groups excluding carboxylic acids is 1. The lowest BCUT2D eigenvalue weighted by Crippen LogP contribution is -2.50. The maximum atomic E-state index is 12.3. The SMILES string of the molecule is CCCCC1(Oc2ccccc2)CCN(C(=O)OC(C)(C)C)CC1. The molecule has 0 bridgehead atoms. The Labute approximate surface area is 146 Å². The van der Waals surface area contributed by atoms with Crippen molar-refractivity contribution < 1.29 is 14.3 Å². The van der Waals surface area contributed by atoms with E-state index in [0.717, 1.165) is 37.9 Å². The molecule has 24 heavy (non-hydrogen) atoms. The van der Waals surface area contributed by atoms with Crippen molar-refractivity contribution in [3.8, 4) is 5.75 Å². The summed E-state index contributed by atoms with van der Waals surface area (Å²) < 4.78 is 11.9. The van der Waals surface area contributed by atoms with E-state index in [1.807, 2.05) is 56.0 Å². The zero-order valence-corrected chi connectivity index (χ0v) is 15.5. The van der Waals surface area contributed by atoms with Gasteiger partial charge in [0, 0.05) is 25.9 Å². The first-order valence-electron chi connectivity index (χ1n) is 9.06. The molecule has 0 saturated carbocycles. The van der Waals surface area contributed by atoms with Crippen LogP contribution in [0.4, 0.5) is 4.79 Å². The number of nitrogens with zero attached hydrogens (tertiary/aromatic N) is 1. The van der Waals surface area contributed by atoms with Crippen LogP contribution in [0.1, 0.15) is 59.8 Å². The normalized spacial score (nSPS) is 17.4. The van der Waals surface area contributed by atoms with Crippen molar-refractivity contribution in [3.05, 3.63) is 30.3 Å². The van der Waals surface area contributed by atoms with Gasteiger partial charge in [0.15, 0.2) is 0 Å². The predicted octanol–water partition coefficient (Wildman–Crippen LogP) is 5.03. The summed E-state index contributed by atoms with van der Waals surface area (Å²) in [5, 5.41) is 0. The van der Waals surface area contributed by atoms with E-state index in [4.69, 9.17) is 9.47 Å². The number of amides is 1. The van der Waals surface area contributed by atoms with Crippen LogP contribution in [-0.4, -0.2) is 35.3 Å². The molecule has 0 aromatic heterocycles. The molecule has 0 aliphatic carbocycles. The van der Waals surface area contributed by atoms with Crippen molar-refractivity contribution in [3.63, 3.8) is 0 Å². The Hall–Kier alpha value is -1.71. The monoisotopic (exact) mass is 333 g/mol. The quantitative estimate of drug-likeness (QED) is 0.759. The van der Waals surface area contributed by atoms with Crippen molar-refractivity contribution in [2.75, 3.05) is 13.1 Å². The van der Waals surface area contributed by atoms with Gasteiger partial charge in [-0.3, -0.25) is 0 Å². The second-order valence-electron chi connectivity index (χ2n) is 7.67. The minimum Gasteiger partial charge on any atom is -0.487 e. The smallest absolute Gasteiger partial charge is 0.410 e. The molecule has 1 aliphatic rings. The molecule has 0 N–H and O–H groups in total. The fourth-order valence-electron chi connectivity index (χ4n) is 3.06. The van der Waals surface area contributed by atoms with Crippen LogP contribution in [0.5, 0.6) is 5.75 Å². The van der Waals surface area contributed by atoms with Gasteiger partial charge in [0.25, 0.3) is 0 Å². The summed E-state index contributed by atoms with van der Waals surface area (Å²) >= 11 is 0. The number of para-hydroxylation sites is 1. The highest BCUT2D eigenvalue weighted by molar-refractivity contribution is 5.68. The number of hydrogen-bond donors (Lipinski definition) is 0. The van der Waals surface area contributed by atoms with Gasteiger partial charge >= 0.3 is 6.09 Å². The average Bonchev–Trinajstić information content (AvgIpc) is 2.53. The van der Waals surface area contributed by atoms with E-state index in [0.29, 0.717) is 13.1 Å². The molecule has 0 spiro atoms. The maximum Gasteiger partial charge on any atom is 0.410 e. The van der Waals surface area contributed by atoms with E-state index in [9.17, 15) is 4.79 Å². The van der Waals surface area contributed by atoms with Crippen LogP contribution in [0, 0.1) is 0 Å². The van der Waals surface area contributed by atoms with E-state index < -0.39 is 5.60 Å². The minimum absolute atomic E-state index is 0.171. The van der Waals surface area contributed by atoms with Gasteiger partial charge in [-0.25, -0.2) is 4.79 Å². The topological polar surface area (TPSA) is 38.8 Å². The lowest BCUT2D eigenvalue weighted by atomic mass is 9.86. The molecule has 0 radical (unpaired) electrons. The molecule has 4 heteroatoms. The lowest BCUT2D eigenvalue weighted by Gasteiger charge is -2.42. The van der Waals surface area contributed by atoms with Crippen LogP contribution < -0.4 is 4.74 Å². The number of rotatable bonds is 5. The Morgan fingerprint density at radius 3 is 2.33 bits per heavy atom. The van der Waals surface area contributed by atoms with Crippen LogP contribution in [0.2, 0.25) is 0 Å². The van der Waals surface area contributed by atoms with Gasteiger partial charge in [-0.05, 0) is 45.7 Å². The van der Waals surface area contributed by atoms with Crippen molar-refractivity contribution >= 4 is 6.09 Å². The number of unbranched alkanes of at least 4 members (excludes halogenated alkanes) is 1. The number of benzene rings is 1. The maximum absolute atomic E-state index is 12.3. The van der Waals surface area contributed by atoms with Gasteiger partial charge in [-0.15, -0.1) is 0 Å². The summed E-state index contributed by atoms with van der Waals surface area (Å²) in [6.45, 7) is 9.28. The molecule has 0 unspecified atom stereocenters. The molecule has 4 nitrogen and oxygen atoms in total. The summed E-state index contributed by atoms with van der Waals surface area (Å²) in [6.07, 6.45) is 4.80. The van der Waals surface area contributed by atoms with Crippen LogP contribution in [-0.2, 0) is 4.74 Å². The van der Waals surface area contributed by atoms with Crippen LogP contribution in [0.15, 0.2) is 30.3 Å². The predicted molar refractivity (Wildman–Crippen MR) is 96.4 cm³/mol. The van der Waals surface area contributed by atoms with Crippen molar-refractivity contribution in [1.29, 1.82) is 0 Å². The lowest BCUT2D eigenvalue weighted by molar-refractivity contribution is -0.0225. The highest BCUT2D eigenvalue weighted by Crippen LogP contribution is 2.33. The Morgan fingerprint density at radius 1 is 1.17 bits per heavy atom. The first-order valence-corrected chi connectivity index (χ1v) is 9.06. The Kier molecular flexibility index (Phi) is 6.14. The molecular weight excluding hydrogens is 302 g/mol. The molecule has 1 amide bonds. The van der Waals surface area contributed by atoms with Gasteiger partial charge < -0.3 is 14.4 Å². The third-order valence-electron chi connectivity index (χ3n) is 4.39. The molecule has 1 aromatic rings. The molecule has 1 heterocycles. The van der Waals surface area contributed by atoms with Gasteiger partial charge in [-0.1, -0.05) is 31.5 Å². The fourth-order valence-corrected chi connectivity index (χ4v) is 3.06. The third kappa shape index (κ3) is 5.43. The van der Waals surface area contributed by atoms with E-state index in [-0.39, 0.29) is 11.7 Å². The van der Waals surface area contributed by atoms with E-state index in [1.165, 1.54) is 0 Å². The molecule has 1 aromatic carbocycles. The summed E-state index contributed by atoms with van der Waals surface area (Å²) in [5.74, 6) is 0.916. The van der Waals surface area contributed by atoms with E-state index in [2.05, 4.69) is 6.92 Å². The molecule has 1 aliphatic heterocycles. The molecular formula is C20H31NO3. The second kappa shape index (κ2) is 7.91. The molecule has 134 valence electrons. The molecule has 1 saturated heterocycles. The number of piperidine rings is 1. The van der Waals surface area contributed by atoms with Crippen molar-refractivity contribution in [1.82, 2.24) is 4.90 Å². The highest BCUT2D eigenvalue weighted by Gasteiger charge is 2.38. The second-order valence-corrected chi connectivity index (χ2v) is 7.67. The zero-order chi connectivity index (χ0) is 17.6. The largest absolute Gasteiger partial charge is 0.487 e. The first-order chi connectivity index (χ1) is 11.3. The van der Waals surface area contributed by atoms with Gasteiger partial charge in [0.1, 0.15) is 17.0 Å². The van der Waals surface area contributed by atoms with Gasteiger partial charge in [-0.2, -0.15) is 0 Å². The van der Waals surface area contributed by atoms with Crippen LogP contribution in [0.3, 0.4) is 0 Å². The van der Waals surface area contributed by atoms with E-state index >= 15 is 0 Å². The van der Waals surface area contributed by atoms with Crippen LogP contribution in [0.25, 0.3) is 0 Å². The standard InChI is InChI=1S/C20H31NO3/c1-5-6-12-20(23-17-10-8-7-9-11-17)13-15-21(16-14-20)18(22)24-19(2,3)4/h7-11H,5-6,12-16H2,1-4H3. The average molecular weight is 333 g/mol. The molecule has 0 atom stereocenters. The Morgan fingerprint density at radius 2 is 1.79 bits per heavy atom. The summed E-state index contributed by atoms with van der Waals surface area (Å²) in [5.41, 5.74) is -0.621.